The summed E-state index contributed by atoms with van der Waals surface area (Å²) in [5.74, 6) is -1.20. The summed E-state index contributed by atoms with van der Waals surface area (Å²) in [6, 6.07) is 0. The number of carbonyl (C=O) groups is 3. The fraction of sp³-hybridized carbons (Fsp3) is 0.812. The van der Waals surface area contributed by atoms with Crippen LogP contribution in [0.25, 0.3) is 0 Å². The van der Waals surface area contributed by atoms with Crippen LogP contribution in [0.1, 0.15) is 53.4 Å². The van der Waals surface area contributed by atoms with Crippen LogP contribution in [0.3, 0.4) is 0 Å². The first-order valence-electron chi connectivity index (χ1n) is 7.98. The molecule has 0 aromatic rings. The molecular formula is C16H27NO6. The van der Waals surface area contributed by atoms with Gasteiger partial charge in [0.1, 0.15) is 0 Å². The second-order valence-corrected chi connectivity index (χ2v) is 7.07. The topological polar surface area (TPSA) is 102 Å². The van der Waals surface area contributed by atoms with E-state index in [4.69, 9.17) is 14.6 Å². The number of carbonyl (C=O) groups excluding carboxylic acids is 2. The van der Waals surface area contributed by atoms with E-state index in [0.29, 0.717) is 19.4 Å². The molecule has 0 saturated heterocycles. The van der Waals surface area contributed by atoms with Crippen LogP contribution in [0.2, 0.25) is 0 Å². The Hall–Kier alpha value is -1.79. The lowest BCUT2D eigenvalue weighted by Crippen LogP contribution is -2.36. The fourth-order valence-corrected chi connectivity index (χ4v) is 2.39. The third-order valence-electron chi connectivity index (χ3n) is 3.89. The van der Waals surface area contributed by atoms with E-state index in [1.54, 1.807) is 20.8 Å². The van der Waals surface area contributed by atoms with Crippen molar-refractivity contribution in [1.29, 1.82) is 0 Å². The van der Waals surface area contributed by atoms with Crippen LogP contribution in [-0.2, 0) is 19.1 Å². The third kappa shape index (κ3) is 6.88. The van der Waals surface area contributed by atoms with Crippen LogP contribution in [0.5, 0.6) is 0 Å². The van der Waals surface area contributed by atoms with Gasteiger partial charge in [0.2, 0.25) is 6.29 Å². The average Bonchev–Trinajstić information content (AvgIpc) is 2.44. The highest BCUT2D eigenvalue weighted by atomic mass is 16.7. The molecule has 7 nitrogen and oxygen atoms in total. The number of carboxylic acid groups (broad SMARTS) is 1. The molecule has 1 unspecified atom stereocenters. The van der Waals surface area contributed by atoms with Gasteiger partial charge in [-0.3, -0.25) is 9.59 Å². The number of nitrogens with one attached hydrogen (secondary N) is 1. The Bertz CT molecular complexity index is 434. The van der Waals surface area contributed by atoms with E-state index in [1.165, 1.54) is 6.92 Å². The van der Waals surface area contributed by atoms with Gasteiger partial charge >= 0.3 is 18.0 Å². The number of hydrogen-bond donors (Lipinski definition) is 2. The van der Waals surface area contributed by atoms with Gasteiger partial charge in [-0.1, -0.05) is 0 Å². The molecule has 1 rings (SSSR count). The smallest absolute Gasteiger partial charge is 0.410 e. The summed E-state index contributed by atoms with van der Waals surface area (Å²) in [6.07, 6.45) is 1.22. The van der Waals surface area contributed by atoms with E-state index < -0.39 is 29.7 Å². The molecule has 1 aliphatic carbocycles. The van der Waals surface area contributed by atoms with Gasteiger partial charge in [-0.15, -0.1) is 0 Å². The lowest BCUT2D eigenvalue weighted by molar-refractivity contribution is -0.174. The van der Waals surface area contributed by atoms with Crippen LogP contribution < -0.4 is 5.32 Å². The van der Waals surface area contributed by atoms with Crippen LogP contribution in [0.4, 0.5) is 4.79 Å². The molecule has 0 spiro atoms. The minimum atomic E-state index is -0.954. The molecular weight excluding hydrogens is 302 g/mol. The molecule has 1 aliphatic rings. The predicted octanol–water partition coefficient (Wildman–Crippen LogP) is 2.54. The van der Waals surface area contributed by atoms with E-state index in [-0.39, 0.29) is 11.8 Å². The molecule has 1 amide bonds. The van der Waals surface area contributed by atoms with Crippen molar-refractivity contribution in [1.82, 2.24) is 5.32 Å². The highest BCUT2D eigenvalue weighted by Gasteiger charge is 2.27. The van der Waals surface area contributed by atoms with Crippen molar-refractivity contribution in [2.75, 3.05) is 6.54 Å². The van der Waals surface area contributed by atoms with E-state index in [9.17, 15) is 14.4 Å². The Labute approximate surface area is 136 Å². The molecule has 1 atom stereocenters. The average molecular weight is 329 g/mol. The lowest BCUT2D eigenvalue weighted by atomic mass is 9.82. The molecule has 132 valence electrons. The SMILES string of the molecule is CC(OC(=O)NCC1CCC(C(=O)O)CC1)OC(=O)C(C)(C)C. The maximum absolute atomic E-state index is 11.7. The van der Waals surface area contributed by atoms with Crippen LogP contribution in [0.15, 0.2) is 0 Å². The quantitative estimate of drug-likeness (QED) is 0.593. The van der Waals surface area contributed by atoms with Gasteiger partial charge in [0, 0.05) is 13.5 Å². The summed E-state index contributed by atoms with van der Waals surface area (Å²) in [5, 5.41) is 11.6. The zero-order valence-electron chi connectivity index (χ0n) is 14.3. The van der Waals surface area contributed by atoms with Gasteiger partial charge in [-0.05, 0) is 52.4 Å². The number of carboxylic acids is 1. The molecule has 1 saturated carbocycles. The standard InChI is InChI=1S/C16H27NO6/c1-10(22-14(20)16(2,3)4)23-15(21)17-9-11-5-7-12(8-6-11)13(18)19/h10-12H,5-9H2,1-4H3,(H,17,21)(H,18,19). The van der Waals surface area contributed by atoms with Crippen molar-refractivity contribution in [3.05, 3.63) is 0 Å². The normalized spacial score (nSPS) is 22.8. The molecule has 7 heteroatoms. The summed E-state index contributed by atoms with van der Waals surface area (Å²) in [5.41, 5.74) is -0.656. The predicted molar refractivity (Wildman–Crippen MR) is 82.6 cm³/mol. The monoisotopic (exact) mass is 329 g/mol. The number of aliphatic carboxylic acids is 1. The summed E-state index contributed by atoms with van der Waals surface area (Å²) >= 11 is 0. The number of esters is 1. The van der Waals surface area contributed by atoms with Gasteiger partial charge < -0.3 is 19.9 Å². The molecule has 2 N–H and O–H groups in total. The van der Waals surface area contributed by atoms with Crippen LogP contribution in [-0.4, -0.2) is 36.0 Å². The van der Waals surface area contributed by atoms with Crippen molar-refractivity contribution in [2.45, 2.75) is 59.7 Å². The van der Waals surface area contributed by atoms with E-state index in [1.807, 2.05) is 0 Å². The van der Waals surface area contributed by atoms with Crippen molar-refractivity contribution in [3.8, 4) is 0 Å². The van der Waals surface area contributed by atoms with Crippen molar-refractivity contribution >= 4 is 18.0 Å². The number of amides is 1. The lowest BCUT2D eigenvalue weighted by Gasteiger charge is -2.26. The first-order valence-corrected chi connectivity index (χ1v) is 7.98. The summed E-state index contributed by atoms with van der Waals surface area (Å²) in [4.78, 5) is 34.2. The summed E-state index contributed by atoms with van der Waals surface area (Å²) < 4.78 is 10.0. The number of alkyl carbamates (subject to hydrolysis) is 1. The third-order valence-corrected chi connectivity index (χ3v) is 3.89. The molecule has 0 radical (unpaired) electrons. The minimum absolute atomic E-state index is 0.255. The first-order chi connectivity index (χ1) is 10.6. The number of rotatable bonds is 5. The Balaban J connectivity index is 2.24. The first kappa shape index (κ1) is 19.3. The molecule has 0 heterocycles. The van der Waals surface area contributed by atoms with Crippen molar-refractivity contribution < 1.29 is 29.0 Å². The van der Waals surface area contributed by atoms with E-state index in [2.05, 4.69) is 5.32 Å². The van der Waals surface area contributed by atoms with E-state index in [0.717, 1.165) is 12.8 Å². The number of hydrogen-bond acceptors (Lipinski definition) is 5. The van der Waals surface area contributed by atoms with Crippen LogP contribution >= 0.6 is 0 Å². The molecule has 23 heavy (non-hydrogen) atoms. The summed E-state index contributed by atoms with van der Waals surface area (Å²) in [6.45, 7) is 7.08. The van der Waals surface area contributed by atoms with Gasteiger partial charge in [0.25, 0.3) is 0 Å². The van der Waals surface area contributed by atoms with Crippen molar-refractivity contribution in [2.24, 2.45) is 17.3 Å². The van der Waals surface area contributed by atoms with Crippen LogP contribution in [0, 0.1) is 17.3 Å². The Morgan fingerprint density at radius 3 is 2.17 bits per heavy atom. The Morgan fingerprint density at radius 1 is 1.13 bits per heavy atom. The minimum Gasteiger partial charge on any atom is -0.481 e. The van der Waals surface area contributed by atoms with Gasteiger partial charge in [0.15, 0.2) is 0 Å². The van der Waals surface area contributed by atoms with Gasteiger partial charge in [0.05, 0.1) is 11.3 Å². The van der Waals surface area contributed by atoms with Gasteiger partial charge in [-0.2, -0.15) is 0 Å². The Morgan fingerprint density at radius 2 is 1.70 bits per heavy atom. The molecule has 1 fully saturated rings. The molecule has 0 aromatic carbocycles. The van der Waals surface area contributed by atoms with Gasteiger partial charge in [-0.25, -0.2) is 4.79 Å². The number of ether oxygens (including phenoxy) is 2. The highest BCUT2D eigenvalue weighted by molar-refractivity contribution is 5.75. The second kappa shape index (κ2) is 8.17. The maximum atomic E-state index is 11.7. The zero-order valence-corrected chi connectivity index (χ0v) is 14.3. The Kier molecular flexibility index (Phi) is 6.84. The van der Waals surface area contributed by atoms with Crippen molar-refractivity contribution in [3.63, 3.8) is 0 Å². The summed E-state index contributed by atoms with van der Waals surface area (Å²) in [7, 11) is 0. The molecule has 0 aromatic heterocycles. The largest absolute Gasteiger partial charge is 0.481 e. The molecule has 0 bridgehead atoms. The second-order valence-electron chi connectivity index (χ2n) is 7.07. The highest BCUT2D eigenvalue weighted by Crippen LogP contribution is 2.28. The molecule has 0 aliphatic heterocycles. The van der Waals surface area contributed by atoms with E-state index >= 15 is 0 Å². The maximum Gasteiger partial charge on any atom is 0.410 e. The fourth-order valence-electron chi connectivity index (χ4n) is 2.39. The zero-order chi connectivity index (χ0) is 17.6.